The number of carbonyl (C=O) groups excluding carboxylic acids is 1. The van der Waals surface area contributed by atoms with Gasteiger partial charge in [0.2, 0.25) is 10.0 Å². The van der Waals surface area contributed by atoms with Crippen molar-refractivity contribution in [3.63, 3.8) is 0 Å². The van der Waals surface area contributed by atoms with Crippen molar-refractivity contribution >= 4 is 27.6 Å². The normalized spacial score (nSPS) is 23.2. The summed E-state index contributed by atoms with van der Waals surface area (Å²) < 4.78 is 36.8. The van der Waals surface area contributed by atoms with E-state index in [9.17, 15) is 23.1 Å². The fourth-order valence-corrected chi connectivity index (χ4v) is 4.36. The molecule has 0 saturated carbocycles. The summed E-state index contributed by atoms with van der Waals surface area (Å²) in [5.41, 5.74) is 0.395. The summed E-state index contributed by atoms with van der Waals surface area (Å²) in [5.74, 6) is -2.25. The number of aliphatic hydroxyl groups excluding tert-OH is 1. The summed E-state index contributed by atoms with van der Waals surface area (Å²) in [6, 6.07) is 5.73. The van der Waals surface area contributed by atoms with Crippen molar-refractivity contribution < 1.29 is 37.7 Å². The quantitative estimate of drug-likeness (QED) is 0.635. The van der Waals surface area contributed by atoms with Gasteiger partial charge < -0.3 is 24.6 Å². The minimum Gasteiger partial charge on any atom is -0.479 e. The number of carboxylic acids is 1. The number of ether oxygens (including phenoxy) is 2. The van der Waals surface area contributed by atoms with E-state index in [1.54, 1.807) is 0 Å². The number of aliphatic carboxylic acids is 1. The third-order valence-corrected chi connectivity index (χ3v) is 6.33. The number of nitrogens with zero attached hydrogens (tertiary/aromatic N) is 2. The first-order valence-corrected chi connectivity index (χ1v) is 9.78. The van der Waals surface area contributed by atoms with E-state index in [2.05, 4.69) is 0 Å². The van der Waals surface area contributed by atoms with Gasteiger partial charge in [0.25, 0.3) is 5.91 Å². The van der Waals surface area contributed by atoms with Crippen LogP contribution in [0.25, 0.3) is 0 Å². The number of rotatable bonds is 5. The molecule has 0 aliphatic carbocycles. The van der Waals surface area contributed by atoms with Crippen LogP contribution in [0, 0.1) is 0 Å². The number of hydrogen-bond donors (Lipinski definition) is 2. The molecule has 10 nitrogen and oxygen atoms in total. The first-order chi connectivity index (χ1) is 12.8. The van der Waals surface area contributed by atoms with Gasteiger partial charge in [-0.3, -0.25) is 4.79 Å². The largest absolute Gasteiger partial charge is 0.479 e. The lowest BCUT2D eigenvalue weighted by Crippen LogP contribution is -2.54. The van der Waals surface area contributed by atoms with Gasteiger partial charge in [0.05, 0.1) is 24.7 Å². The Morgan fingerprint density at radius 3 is 2.33 bits per heavy atom. The van der Waals surface area contributed by atoms with E-state index in [4.69, 9.17) is 14.6 Å². The molecule has 148 valence electrons. The number of benzene rings is 1. The van der Waals surface area contributed by atoms with Crippen LogP contribution in [0.3, 0.4) is 0 Å². The number of hydrogen-bond acceptors (Lipinski definition) is 7. The first kappa shape index (κ1) is 19.7. The van der Waals surface area contributed by atoms with Gasteiger partial charge in [-0.15, -0.1) is 0 Å². The monoisotopic (exact) mass is 400 g/mol. The molecular weight excluding hydrogens is 380 g/mol. The maximum absolute atomic E-state index is 12.6. The minimum absolute atomic E-state index is 0.0502. The summed E-state index contributed by atoms with van der Waals surface area (Å²) in [6.45, 7) is 1.45. The molecule has 1 aromatic rings. The molecule has 0 spiro atoms. The molecule has 3 rings (SSSR count). The number of aliphatic hydroxyl groups is 1. The maximum atomic E-state index is 12.6. The van der Waals surface area contributed by atoms with Crippen molar-refractivity contribution in [3.8, 4) is 0 Å². The molecule has 1 amide bonds. The predicted octanol–water partition coefficient (Wildman–Crippen LogP) is -1.12. The second-order valence-corrected chi connectivity index (χ2v) is 8.01. The van der Waals surface area contributed by atoms with Gasteiger partial charge in [-0.05, 0) is 24.3 Å². The smallest absolute Gasteiger partial charge is 0.335 e. The van der Waals surface area contributed by atoms with E-state index in [0.29, 0.717) is 18.9 Å². The molecule has 27 heavy (non-hydrogen) atoms. The summed E-state index contributed by atoms with van der Waals surface area (Å²) in [6.07, 6.45) is -3.48. The third-order valence-electron chi connectivity index (χ3n) is 4.42. The van der Waals surface area contributed by atoms with Crippen LogP contribution in [0.2, 0.25) is 0 Å². The number of amides is 1. The molecule has 0 bridgehead atoms. The van der Waals surface area contributed by atoms with Gasteiger partial charge in [0.1, 0.15) is 0 Å². The van der Waals surface area contributed by atoms with Crippen molar-refractivity contribution in [2.45, 2.75) is 17.1 Å². The fourth-order valence-electron chi connectivity index (χ4n) is 2.95. The topological polar surface area (TPSA) is 134 Å². The lowest BCUT2D eigenvalue weighted by atomic mass is 10.1. The van der Waals surface area contributed by atoms with E-state index in [0.717, 1.165) is 0 Å². The Bertz CT molecular complexity index is 804. The Labute approximate surface area is 155 Å². The van der Waals surface area contributed by atoms with Crippen LogP contribution in [-0.4, -0.2) is 86.5 Å². The Hall–Kier alpha value is -2.05. The zero-order chi connectivity index (χ0) is 19.6. The number of carbonyl (C=O) groups is 2. The van der Waals surface area contributed by atoms with E-state index in [1.165, 1.54) is 33.5 Å². The third kappa shape index (κ3) is 3.96. The molecule has 0 unspecified atom stereocenters. The molecule has 2 N–H and O–H groups in total. The Morgan fingerprint density at radius 1 is 1.11 bits per heavy atom. The van der Waals surface area contributed by atoms with Crippen LogP contribution in [-0.2, 0) is 29.1 Å². The molecule has 2 fully saturated rings. The van der Waals surface area contributed by atoms with Crippen LogP contribution in [0.5, 0.6) is 0 Å². The molecule has 2 atom stereocenters. The van der Waals surface area contributed by atoms with Crippen molar-refractivity contribution in [1.29, 1.82) is 0 Å². The SMILES string of the molecule is O=C(O)[C@H](O)[C@H]1OCCN(c2ccc(S(=O)(=O)N3CCOCC3)cc2)C1=O. The highest BCUT2D eigenvalue weighted by Gasteiger charge is 2.39. The van der Waals surface area contributed by atoms with Gasteiger partial charge in [0.15, 0.2) is 12.2 Å². The average molecular weight is 400 g/mol. The number of carboxylic acid groups (broad SMARTS) is 1. The Balaban J connectivity index is 1.78. The number of sulfonamides is 1. The molecule has 2 saturated heterocycles. The predicted molar refractivity (Wildman–Crippen MR) is 91.8 cm³/mol. The highest BCUT2D eigenvalue weighted by Crippen LogP contribution is 2.24. The Kier molecular flexibility index (Phi) is 5.77. The molecular formula is C16H20N2O8S. The van der Waals surface area contributed by atoms with Gasteiger partial charge in [-0.2, -0.15) is 4.31 Å². The van der Waals surface area contributed by atoms with E-state index >= 15 is 0 Å². The van der Waals surface area contributed by atoms with Crippen molar-refractivity contribution in [2.75, 3.05) is 44.4 Å². The molecule has 2 heterocycles. The van der Waals surface area contributed by atoms with Crippen molar-refractivity contribution in [2.24, 2.45) is 0 Å². The maximum Gasteiger partial charge on any atom is 0.335 e. The summed E-state index contributed by atoms with van der Waals surface area (Å²) >= 11 is 0. The van der Waals surface area contributed by atoms with Crippen LogP contribution < -0.4 is 4.90 Å². The van der Waals surface area contributed by atoms with Gasteiger partial charge in [-0.25, -0.2) is 13.2 Å². The van der Waals surface area contributed by atoms with E-state index in [-0.39, 0.29) is 31.1 Å². The van der Waals surface area contributed by atoms with Crippen LogP contribution in [0.1, 0.15) is 0 Å². The van der Waals surface area contributed by atoms with Crippen LogP contribution in [0.15, 0.2) is 29.2 Å². The molecule has 0 radical (unpaired) electrons. The molecule has 2 aliphatic rings. The zero-order valence-corrected chi connectivity index (χ0v) is 15.2. The fraction of sp³-hybridized carbons (Fsp3) is 0.500. The van der Waals surface area contributed by atoms with Gasteiger partial charge in [0, 0.05) is 25.3 Å². The first-order valence-electron chi connectivity index (χ1n) is 8.34. The lowest BCUT2D eigenvalue weighted by molar-refractivity contribution is -0.163. The minimum atomic E-state index is -3.65. The number of anilines is 1. The highest BCUT2D eigenvalue weighted by atomic mass is 32.2. The Morgan fingerprint density at radius 2 is 1.74 bits per heavy atom. The van der Waals surface area contributed by atoms with Gasteiger partial charge >= 0.3 is 5.97 Å². The van der Waals surface area contributed by atoms with E-state index in [1.807, 2.05) is 0 Å². The molecule has 0 aromatic heterocycles. The van der Waals surface area contributed by atoms with Crippen LogP contribution >= 0.6 is 0 Å². The van der Waals surface area contributed by atoms with Crippen LogP contribution in [0.4, 0.5) is 5.69 Å². The molecule has 1 aromatic carbocycles. The zero-order valence-electron chi connectivity index (χ0n) is 14.4. The summed E-state index contributed by atoms with van der Waals surface area (Å²) in [5, 5.41) is 18.5. The number of morpholine rings is 2. The second kappa shape index (κ2) is 7.90. The molecule has 11 heteroatoms. The van der Waals surface area contributed by atoms with Crippen molar-refractivity contribution in [3.05, 3.63) is 24.3 Å². The summed E-state index contributed by atoms with van der Waals surface area (Å²) in [4.78, 5) is 24.7. The standard InChI is InChI=1S/C16H20N2O8S/c19-13(16(21)22)14-15(20)18(7-10-26-14)11-1-3-12(4-2-11)27(23,24)17-5-8-25-9-6-17/h1-4,13-14,19H,5-10H2,(H,21,22)/t13-,14-/m1/s1. The summed E-state index contributed by atoms with van der Waals surface area (Å²) in [7, 11) is -3.65. The van der Waals surface area contributed by atoms with E-state index < -0.39 is 34.1 Å². The molecule has 2 aliphatic heterocycles. The van der Waals surface area contributed by atoms with Gasteiger partial charge in [-0.1, -0.05) is 0 Å². The highest BCUT2D eigenvalue weighted by molar-refractivity contribution is 7.89. The van der Waals surface area contributed by atoms with Crippen molar-refractivity contribution in [1.82, 2.24) is 4.31 Å². The second-order valence-electron chi connectivity index (χ2n) is 6.07. The average Bonchev–Trinajstić information content (AvgIpc) is 2.68. The lowest BCUT2D eigenvalue weighted by Gasteiger charge is -2.33.